The zero-order chi connectivity index (χ0) is 32.2. The Morgan fingerprint density at radius 2 is 1.76 bits per heavy atom. The molecule has 2 aliphatic rings. The van der Waals surface area contributed by atoms with Gasteiger partial charge >= 0.3 is 0 Å². The lowest BCUT2D eigenvalue weighted by molar-refractivity contribution is -0.134. The second kappa shape index (κ2) is 13.8. The van der Waals surface area contributed by atoms with Crippen LogP contribution in [0.5, 0.6) is 5.75 Å². The van der Waals surface area contributed by atoms with Crippen molar-refractivity contribution in [1.82, 2.24) is 15.1 Å². The molecule has 2 fully saturated rings. The fourth-order valence-electron chi connectivity index (χ4n) is 6.44. The summed E-state index contributed by atoms with van der Waals surface area (Å²) >= 11 is 6.09. The van der Waals surface area contributed by atoms with Crippen LogP contribution in [0.3, 0.4) is 0 Å². The molecule has 1 N–H and O–H groups in total. The number of carbonyl (C=O) groups is 3. The number of hydrogen-bond acceptors (Lipinski definition) is 6. The third kappa shape index (κ3) is 6.94. The number of rotatable bonds is 9. The van der Waals surface area contributed by atoms with E-state index in [-0.39, 0.29) is 40.9 Å². The van der Waals surface area contributed by atoms with Gasteiger partial charge in [0.1, 0.15) is 17.4 Å². The quantitative estimate of drug-likeness (QED) is 0.265. The Bertz CT molecular complexity index is 1810. The topological polar surface area (TPSA) is 109 Å². The fraction of sp³-hybridized carbons (Fsp3) is 0.333. The number of methoxy groups -OCH3 is 1. The number of likely N-dealkylation sites (tertiary alicyclic amines) is 2. The van der Waals surface area contributed by atoms with E-state index in [1.54, 1.807) is 35.2 Å². The predicted octanol–water partition coefficient (Wildman–Crippen LogP) is 5.32. The maximum Gasteiger partial charge on any atom is 0.287 e. The number of halogens is 1. The van der Waals surface area contributed by atoms with Crippen molar-refractivity contribution in [2.75, 3.05) is 26.7 Å². The van der Waals surface area contributed by atoms with E-state index in [9.17, 15) is 19.2 Å². The van der Waals surface area contributed by atoms with E-state index in [0.29, 0.717) is 42.2 Å². The average Bonchev–Trinajstić information content (AvgIpc) is 3.48. The van der Waals surface area contributed by atoms with Crippen LogP contribution in [0.4, 0.5) is 0 Å². The number of carbonyl (C=O) groups excluding carboxylic acids is 3. The van der Waals surface area contributed by atoms with E-state index >= 15 is 0 Å². The van der Waals surface area contributed by atoms with Crippen molar-refractivity contribution in [1.29, 1.82) is 0 Å². The van der Waals surface area contributed by atoms with Gasteiger partial charge in [-0.25, -0.2) is 0 Å². The number of ether oxygens (including phenoxy) is 1. The van der Waals surface area contributed by atoms with Crippen LogP contribution in [0.2, 0.25) is 5.02 Å². The highest BCUT2D eigenvalue weighted by Crippen LogP contribution is 2.32. The molecule has 3 aromatic carbocycles. The number of hydrogen-bond donors (Lipinski definition) is 1. The van der Waals surface area contributed by atoms with Crippen LogP contribution in [-0.4, -0.2) is 60.3 Å². The summed E-state index contributed by atoms with van der Waals surface area (Å²) in [6, 6.07) is 20.4. The Hall–Kier alpha value is -4.63. The van der Waals surface area contributed by atoms with Crippen LogP contribution in [-0.2, 0) is 22.6 Å². The van der Waals surface area contributed by atoms with Gasteiger partial charge in [-0.15, -0.1) is 0 Å². The maximum absolute atomic E-state index is 14.0. The second-order valence-corrected chi connectivity index (χ2v) is 12.3. The summed E-state index contributed by atoms with van der Waals surface area (Å²) in [7, 11) is 1.50. The van der Waals surface area contributed by atoms with Crippen LogP contribution < -0.4 is 15.5 Å². The Morgan fingerprint density at radius 3 is 2.48 bits per heavy atom. The highest BCUT2D eigenvalue weighted by molar-refractivity contribution is 6.30. The summed E-state index contributed by atoms with van der Waals surface area (Å²) in [4.78, 5) is 56.3. The molecule has 46 heavy (non-hydrogen) atoms. The molecule has 3 amide bonds. The van der Waals surface area contributed by atoms with Crippen LogP contribution in [0, 0.1) is 0 Å². The Labute approximate surface area is 272 Å². The van der Waals surface area contributed by atoms with Crippen molar-refractivity contribution < 1.29 is 23.5 Å². The Balaban J connectivity index is 1.18. The van der Waals surface area contributed by atoms with Crippen molar-refractivity contribution in [3.05, 3.63) is 110 Å². The number of amides is 3. The molecule has 2 aliphatic heterocycles. The minimum atomic E-state index is -0.893. The van der Waals surface area contributed by atoms with E-state index in [2.05, 4.69) is 17.4 Å². The first kappa shape index (κ1) is 31.4. The lowest BCUT2D eigenvalue weighted by Crippen LogP contribution is -2.51. The third-order valence-corrected chi connectivity index (χ3v) is 9.20. The van der Waals surface area contributed by atoms with Gasteiger partial charge in [-0.05, 0) is 72.2 Å². The lowest BCUT2D eigenvalue weighted by Gasteiger charge is -2.35. The first-order valence-corrected chi connectivity index (χ1v) is 16.0. The SMILES string of the molecule is COc1ccc2oc(C(=O)N[C@H](Cc3ccc(Cl)cc3)C(=O)N3CCC(c4ccccc4CN4CCCC4=O)CC3)cc(=O)c2c1. The third-order valence-electron chi connectivity index (χ3n) is 8.95. The molecule has 0 radical (unpaired) electrons. The summed E-state index contributed by atoms with van der Waals surface area (Å²) in [5.41, 5.74) is 3.07. The van der Waals surface area contributed by atoms with Crippen molar-refractivity contribution in [3.8, 4) is 5.75 Å². The van der Waals surface area contributed by atoms with Crippen molar-refractivity contribution in [3.63, 3.8) is 0 Å². The number of benzene rings is 3. The average molecular weight is 642 g/mol. The van der Waals surface area contributed by atoms with Gasteiger partial charge in [0.05, 0.1) is 12.5 Å². The van der Waals surface area contributed by atoms with Crippen LogP contribution >= 0.6 is 11.6 Å². The van der Waals surface area contributed by atoms with E-state index < -0.39 is 11.9 Å². The van der Waals surface area contributed by atoms with E-state index in [4.69, 9.17) is 20.8 Å². The smallest absolute Gasteiger partial charge is 0.287 e. The van der Waals surface area contributed by atoms with Gasteiger partial charge in [-0.3, -0.25) is 19.2 Å². The molecule has 1 atom stereocenters. The summed E-state index contributed by atoms with van der Waals surface area (Å²) in [5, 5.41) is 3.71. The summed E-state index contributed by atoms with van der Waals surface area (Å²) in [6.07, 6.45) is 3.28. The molecular weight excluding hydrogens is 606 g/mol. The normalized spacial score (nSPS) is 16.1. The van der Waals surface area contributed by atoms with Crippen molar-refractivity contribution in [2.24, 2.45) is 0 Å². The fourth-order valence-corrected chi connectivity index (χ4v) is 6.57. The Morgan fingerprint density at radius 1 is 1.00 bits per heavy atom. The molecule has 3 heterocycles. The zero-order valence-electron chi connectivity index (χ0n) is 25.7. The molecule has 6 rings (SSSR count). The van der Waals surface area contributed by atoms with Gasteiger partial charge in [0, 0.05) is 50.1 Å². The molecule has 0 unspecified atom stereocenters. The molecule has 9 nitrogen and oxygen atoms in total. The van der Waals surface area contributed by atoms with Crippen molar-refractivity contribution in [2.45, 2.75) is 50.6 Å². The molecule has 2 saturated heterocycles. The molecule has 1 aromatic heterocycles. The van der Waals surface area contributed by atoms with Crippen molar-refractivity contribution >= 4 is 40.3 Å². The molecule has 4 aromatic rings. The first-order chi connectivity index (χ1) is 22.3. The van der Waals surface area contributed by atoms with E-state index in [0.717, 1.165) is 43.0 Å². The number of nitrogens with one attached hydrogen (secondary N) is 1. The van der Waals surface area contributed by atoms with Gasteiger partial charge in [-0.1, -0.05) is 48.0 Å². The minimum Gasteiger partial charge on any atom is -0.497 e. The summed E-state index contributed by atoms with van der Waals surface area (Å²) < 4.78 is 11.0. The number of fused-ring (bicyclic) bond motifs is 1. The number of nitrogens with zero attached hydrogens (tertiary/aromatic N) is 2. The molecule has 10 heteroatoms. The summed E-state index contributed by atoms with van der Waals surface area (Å²) in [6.45, 7) is 2.46. The summed E-state index contributed by atoms with van der Waals surface area (Å²) in [5.74, 6) is -0.0733. The predicted molar refractivity (Wildman–Crippen MR) is 175 cm³/mol. The van der Waals surface area contributed by atoms with Crippen LogP contribution in [0.1, 0.15) is 58.8 Å². The maximum atomic E-state index is 14.0. The molecule has 0 aliphatic carbocycles. The standard InChI is InChI=1S/C36H36ClN3O6/c1-45-27-12-13-32-29(20-27)31(41)21-33(46-32)35(43)38-30(19-23-8-10-26(37)11-9-23)36(44)39-17-14-24(15-18-39)28-6-3-2-5-25(28)22-40-16-4-7-34(40)42/h2-3,5-6,8-13,20-21,24,30H,4,7,14-19,22H2,1H3,(H,38,43)/t30-/m1/s1. The first-order valence-electron chi connectivity index (χ1n) is 15.6. The minimum absolute atomic E-state index is 0.177. The second-order valence-electron chi connectivity index (χ2n) is 11.9. The highest BCUT2D eigenvalue weighted by Gasteiger charge is 2.32. The van der Waals surface area contributed by atoms with E-state index in [1.807, 2.05) is 29.2 Å². The Kier molecular flexibility index (Phi) is 9.40. The molecule has 0 bridgehead atoms. The monoisotopic (exact) mass is 641 g/mol. The highest BCUT2D eigenvalue weighted by atomic mass is 35.5. The van der Waals surface area contributed by atoms with E-state index in [1.165, 1.54) is 12.7 Å². The molecule has 0 saturated carbocycles. The van der Waals surface area contributed by atoms with Crippen LogP contribution in [0.25, 0.3) is 11.0 Å². The van der Waals surface area contributed by atoms with Crippen LogP contribution in [0.15, 0.2) is 82.0 Å². The van der Waals surface area contributed by atoms with Gasteiger partial charge in [0.15, 0.2) is 11.2 Å². The lowest BCUT2D eigenvalue weighted by atomic mass is 9.86. The van der Waals surface area contributed by atoms with Gasteiger partial charge in [0.25, 0.3) is 5.91 Å². The van der Waals surface area contributed by atoms with Gasteiger partial charge in [0.2, 0.25) is 11.8 Å². The molecule has 0 spiro atoms. The molecule has 238 valence electrons. The number of piperidine rings is 1. The molecular formula is C36H36ClN3O6. The largest absolute Gasteiger partial charge is 0.497 e. The zero-order valence-corrected chi connectivity index (χ0v) is 26.4. The van der Waals surface area contributed by atoms with Gasteiger partial charge in [-0.2, -0.15) is 0 Å². The van der Waals surface area contributed by atoms with Gasteiger partial charge < -0.3 is 24.3 Å².